The maximum atomic E-state index is 12.2. The molecule has 5 heteroatoms. The van der Waals surface area contributed by atoms with Crippen LogP contribution in [0.2, 0.25) is 0 Å². The summed E-state index contributed by atoms with van der Waals surface area (Å²) in [5, 5.41) is 3.03. The van der Waals surface area contributed by atoms with Gasteiger partial charge < -0.3 is 4.90 Å². The third-order valence-electron chi connectivity index (χ3n) is 4.81. The predicted octanol–water partition coefficient (Wildman–Crippen LogP) is 2.53. The molecule has 1 N–H and O–H groups in total. The van der Waals surface area contributed by atoms with E-state index in [0.717, 1.165) is 17.7 Å². The van der Waals surface area contributed by atoms with Crippen LogP contribution in [0.4, 0.5) is 0 Å². The van der Waals surface area contributed by atoms with Crippen molar-refractivity contribution in [2.75, 3.05) is 19.6 Å². The average molecular weight is 306 g/mol. The highest BCUT2D eigenvalue weighted by Gasteiger charge is 2.35. The first-order chi connectivity index (χ1) is 9.81. The van der Waals surface area contributed by atoms with Crippen LogP contribution < -0.4 is 5.56 Å². The number of benzene rings is 1. The van der Waals surface area contributed by atoms with Gasteiger partial charge in [-0.25, -0.2) is 0 Å². The lowest BCUT2D eigenvalue weighted by Gasteiger charge is -2.44. The lowest BCUT2D eigenvalue weighted by Crippen LogP contribution is -2.48. The minimum absolute atomic E-state index is 0. The molecule has 0 aliphatic carbocycles. The molecular formula is C16H20ClN3O. The van der Waals surface area contributed by atoms with Crippen molar-refractivity contribution in [1.29, 1.82) is 0 Å². The largest absolute Gasteiger partial charge is 0.301 e. The van der Waals surface area contributed by atoms with Crippen molar-refractivity contribution in [1.82, 2.24) is 14.7 Å². The van der Waals surface area contributed by atoms with Gasteiger partial charge in [-0.1, -0.05) is 30.3 Å². The Morgan fingerprint density at radius 3 is 2.43 bits per heavy atom. The Bertz CT molecular complexity index is 656. The van der Waals surface area contributed by atoms with Crippen LogP contribution in [-0.4, -0.2) is 34.3 Å². The van der Waals surface area contributed by atoms with Crippen LogP contribution in [0.15, 0.2) is 41.3 Å². The second-order valence-corrected chi connectivity index (χ2v) is 5.96. The first kappa shape index (κ1) is 14.4. The molecule has 2 bridgehead atoms. The van der Waals surface area contributed by atoms with Crippen molar-refractivity contribution in [2.24, 2.45) is 5.92 Å². The van der Waals surface area contributed by atoms with E-state index < -0.39 is 0 Å². The zero-order chi connectivity index (χ0) is 13.5. The molecule has 3 aliphatic heterocycles. The van der Waals surface area contributed by atoms with Gasteiger partial charge in [0.2, 0.25) is 0 Å². The number of hydrogen-bond acceptors (Lipinski definition) is 2. The van der Waals surface area contributed by atoms with E-state index in [0.29, 0.717) is 12.0 Å². The van der Waals surface area contributed by atoms with E-state index in [1.165, 1.54) is 25.9 Å². The smallest absolute Gasteiger partial charge is 0.271 e. The second-order valence-electron chi connectivity index (χ2n) is 5.96. The molecule has 3 aliphatic rings. The van der Waals surface area contributed by atoms with Crippen molar-refractivity contribution >= 4 is 12.4 Å². The number of nitrogens with zero attached hydrogens (tertiary/aromatic N) is 2. The summed E-state index contributed by atoms with van der Waals surface area (Å²) in [6, 6.07) is 10.3. The quantitative estimate of drug-likeness (QED) is 0.926. The summed E-state index contributed by atoms with van der Waals surface area (Å²) >= 11 is 0. The standard InChI is InChI=1S/C16H19N3O.ClH/c20-16-14(12-4-2-1-3-5-12)10-19(17-16)15-11-18-8-6-13(15)7-9-18;/h1-5,10,13,15H,6-9,11H2,(H,17,20);1H. The Balaban J connectivity index is 0.00000132. The molecule has 0 saturated carbocycles. The van der Waals surface area contributed by atoms with Crippen LogP contribution in [0.5, 0.6) is 0 Å². The van der Waals surface area contributed by atoms with Crippen LogP contribution in [0, 0.1) is 5.92 Å². The van der Waals surface area contributed by atoms with E-state index in [2.05, 4.69) is 14.7 Å². The third-order valence-corrected chi connectivity index (χ3v) is 4.81. The monoisotopic (exact) mass is 305 g/mol. The Morgan fingerprint density at radius 1 is 1.10 bits per heavy atom. The number of aromatic amines is 1. The molecule has 2 aromatic rings. The summed E-state index contributed by atoms with van der Waals surface area (Å²) < 4.78 is 2.06. The highest BCUT2D eigenvalue weighted by atomic mass is 35.5. The van der Waals surface area contributed by atoms with Crippen molar-refractivity contribution in [2.45, 2.75) is 18.9 Å². The van der Waals surface area contributed by atoms with Gasteiger partial charge in [-0.2, -0.15) is 0 Å². The number of fused-ring (bicyclic) bond motifs is 3. The van der Waals surface area contributed by atoms with E-state index in [4.69, 9.17) is 0 Å². The van der Waals surface area contributed by atoms with Crippen LogP contribution >= 0.6 is 12.4 Å². The van der Waals surface area contributed by atoms with E-state index in [1.54, 1.807) is 0 Å². The summed E-state index contributed by atoms with van der Waals surface area (Å²) in [6.07, 6.45) is 4.52. The Hall–Kier alpha value is -1.52. The van der Waals surface area contributed by atoms with Gasteiger partial charge in [-0.05, 0) is 37.4 Å². The van der Waals surface area contributed by atoms with E-state index in [9.17, 15) is 4.79 Å². The lowest BCUT2D eigenvalue weighted by atomic mass is 9.84. The van der Waals surface area contributed by atoms with Gasteiger partial charge in [0.05, 0.1) is 11.6 Å². The van der Waals surface area contributed by atoms with E-state index >= 15 is 0 Å². The molecule has 0 radical (unpaired) electrons. The molecule has 5 rings (SSSR count). The lowest BCUT2D eigenvalue weighted by molar-refractivity contribution is 0.0511. The highest BCUT2D eigenvalue weighted by Crippen LogP contribution is 2.35. The maximum absolute atomic E-state index is 12.2. The fourth-order valence-corrected chi connectivity index (χ4v) is 3.66. The summed E-state index contributed by atoms with van der Waals surface area (Å²) in [5.74, 6) is 0.715. The fraction of sp³-hybridized carbons (Fsp3) is 0.438. The zero-order valence-corrected chi connectivity index (χ0v) is 12.7. The van der Waals surface area contributed by atoms with E-state index in [1.807, 2.05) is 36.5 Å². The van der Waals surface area contributed by atoms with Gasteiger partial charge >= 0.3 is 0 Å². The Kier molecular flexibility index (Phi) is 3.91. The summed E-state index contributed by atoms with van der Waals surface area (Å²) in [6.45, 7) is 3.51. The number of aromatic nitrogens is 2. The number of halogens is 1. The normalized spacial score (nSPS) is 27.3. The van der Waals surface area contributed by atoms with Crippen LogP contribution in [0.3, 0.4) is 0 Å². The first-order valence-corrected chi connectivity index (χ1v) is 7.40. The van der Waals surface area contributed by atoms with Gasteiger partial charge in [-0.15, -0.1) is 12.4 Å². The molecule has 21 heavy (non-hydrogen) atoms. The predicted molar refractivity (Wildman–Crippen MR) is 85.9 cm³/mol. The summed E-state index contributed by atoms with van der Waals surface area (Å²) in [7, 11) is 0. The number of piperidine rings is 3. The third kappa shape index (κ3) is 2.54. The topological polar surface area (TPSA) is 41.0 Å². The molecule has 1 aromatic carbocycles. The van der Waals surface area contributed by atoms with Gasteiger partial charge in [0, 0.05) is 12.7 Å². The van der Waals surface area contributed by atoms with Gasteiger partial charge in [0.15, 0.2) is 0 Å². The molecule has 0 amide bonds. The number of rotatable bonds is 2. The fourth-order valence-electron chi connectivity index (χ4n) is 3.66. The average Bonchev–Trinajstić information content (AvgIpc) is 2.91. The highest BCUT2D eigenvalue weighted by molar-refractivity contribution is 5.85. The minimum atomic E-state index is 0. The van der Waals surface area contributed by atoms with Gasteiger partial charge in [0.1, 0.15) is 0 Å². The van der Waals surface area contributed by atoms with Crippen LogP contribution in [0.25, 0.3) is 11.1 Å². The van der Waals surface area contributed by atoms with E-state index in [-0.39, 0.29) is 18.0 Å². The molecule has 0 spiro atoms. The second kappa shape index (κ2) is 5.70. The SMILES string of the molecule is Cl.O=c1[nH]n(C2CN3CCC2CC3)cc1-c1ccccc1. The Labute approximate surface area is 130 Å². The van der Waals surface area contributed by atoms with Crippen LogP contribution in [0.1, 0.15) is 18.9 Å². The van der Waals surface area contributed by atoms with Gasteiger partial charge in [-0.3, -0.25) is 14.6 Å². The minimum Gasteiger partial charge on any atom is -0.301 e. The van der Waals surface area contributed by atoms with Gasteiger partial charge in [0.25, 0.3) is 5.56 Å². The maximum Gasteiger partial charge on any atom is 0.271 e. The van der Waals surface area contributed by atoms with Crippen molar-refractivity contribution in [3.8, 4) is 11.1 Å². The molecule has 1 atom stereocenters. The van der Waals surface area contributed by atoms with Crippen molar-refractivity contribution < 1.29 is 0 Å². The van der Waals surface area contributed by atoms with Crippen LogP contribution in [-0.2, 0) is 0 Å². The molecule has 1 aromatic heterocycles. The first-order valence-electron chi connectivity index (χ1n) is 7.40. The molecule has 1 unspecified atom stereocenters. The zero-order valence-electron chi connectivity index (χ0n) is 11.9. The number of H-pyrrole nitrogens is 1. The summed E-state index contributed by atoms with van der Waals surface area (Å²) in [5.41, 5.74) is 1.79. The molecule has 3 saturated heterocycles. The summed E-state index contributed by atoms with van der Waals surface area (Å²) in [4.78, 5) is 14.7. The Morgan fingerprint density at radius 2 is 1.81 bits per heavy atom. The van der Waals surface area contributed by atoms with Crippen molar-refractivity contribution in [3.05, 3.63) is 46.9 Å². The molecule has 3 fully saturated rings. The molecular weight excluding hydrogens is 286 g/mol. The molecule has 112 valence electrons. The molecule has 4 heterocycles. The van der Waals surface area contributed by atoms with Crippen molar-refractivity contribution in [3.63, 3.8) is 0 Å². The molecule has 4 nitrogen and oxygen atoms in total. The number of hydrogen-bond donors (Lipinski definition) is 1. The number of nitrogens with one attached hydrogen (secondary N) is 1.